The Morgan fingerprint density at radius 2 is 1.74 bits per heavy atom. The first-order valence-corrected chi connectivity index (χ1v) is 13.6. The van der Waals surface area contributed by atoms with Crippen LogP contribution < -0.4 is 16.0 Å². The summed E-state index contributed by atoms with van der Waals surface area (Å²) in [5.41, 5.74) is 0.516. The Morgan fingerprint density at radius 3 is 2.53 bits per heavy atom. The van der Waals surface area contributed by atoms with Crippen molar-refractivity contribution in [3.05, 3.63) is 35.9 Å². The highest BCUT2D eigenvalue weighted by atomic mass is 16.5. The van der Waals surface area contributed by atoms with E-state index >= 15 is 0 Å². The zero-order valence-electron chi connectivity index (χ0n) is 21.9. The molecule has 0 radical (unpaired) electrons. The van der Waals surface area contributed by atoms with Gasteiger partial charge in [-0.15, -0.1) is 0 Å². The molecule has 0 unspecified atom stereocenters. The van der Waals surface area contributed by atoms with Crippen molar-refractivity contribution >= 4 is 23.6 Å². The van der Waals surface area contributed by atoms with Crippen LogP contribution in [0.2, 0.25) is 0 Å². The fraction of sp³-hybridized carbons (Fsp3) is 0.630. The van der Waals surface area contributed by atoms with Crippen LogP contribution in [0.3, 0.4) is 0 Å². The summed E-state index contributed by atoms with van der Waals surface area (Å²) in [5, 5.41) is 9.32. The second kappa shape index (κ2) is 14.2. The number of carbonyl (C=O) groups is 4. The molecule has 3 fully saturated rings. The van der Waals surface area contributed by atoms with E-state index in [4.69, 9.17) is 9.47 Å². The number of amides is 4. The Bertz CT molecular complexity index is 955. The van der Waals surface area contributed by atoms with E-state index in [1.54, 1.807) is 29.2 Å². The van der Waals surface area contributed by atoms with Crippen molar-refractivity contribution in [2.24, 2.45) is 0 Å². The van der Waals surface area contributed by atoms with Gasteiger partial charge in [-0.3, -0.25) is 19.2 Å². The highest BCUT2D eigenvalue weighted by Crippen LogP contribution is 2.23. The molecule has 4 amide bonds. The van der Waals surface area contributed by atoms with Gasteiger partial charge >= 0.3 is 0 Å². The number of hydrogen-bond donors (Lipinski definition) is 3. The van der Waals surface area contributed by atoms with Gasteiger partial charge in [-0.05, 0) is 31.4 Å². The minimum Gasteiger partial charge on any atom is -0.377 e. The van der Waals surface area contributed by atoms with E-state index in [0.29, 0.717) is 37.7 Å². The van der Waals surface area contributed by atoms with Gasteiger partial charge < -0.3 is 35.2 Å². The molecule has 0 spiro atoms. The van der Waals surface area contributed by atoms with Gasteiger partial charge in [0.1, 0.15) is 12.6 Å². The summed E-state index contributed by atoms with van der Waals surface area (Å²) in [6.07, 6.45) is 5.12. The maximum absolute atomic E-state index is 13.5. The van der Waals surface area contributed by atoms with Crippen LogP contribution in [-0.2, 0) is 23.9 Å². The topological polar surface area (TPSA) is 129 Å². The Balaban J connectivity index is 1.42. The van der Waals surface area contributed by atoms with Crippen LogP contribution in [0.25, 0.3) is 0 Å². The van der Waals surface area contributed by atoms with E-state index < -0.39 is 6.04 Å². The largest absolute Gasteiger partial charge is 0.377 e. The standard InChI is InChI=1S/C27H39N5O6/c33-24-18-31(12-10-28-26(35)20-6-2-1-3-7-20)25(34)19-38-15-14-37-13-11-29-27(36)23-16-22(17-32(23)24)30-21-8-4-5-9-21/h1-3,6-7,21-23,30H,4-5,8-19H2,(H,28,35)(H,29,36)/t22-,23-/m0/s1. The van der Waals surface area contributed by atoms with Crippen LogP contribution in [0.1, 0.15) is 42.5 Å². The summed E-state index contributed by atoms with van der Waals surface area (Å²) < 4.78 is 10.9. The second-order valence-corrected chi connectivity index (χ2v) is 10.0. The first-order valence-electron chi connectivity index (χ1n) is 13.6. The summed E-state index contributed by atoms with van der Waals surface area (Å²) in [4.78, 5) is 54.9. The van der Waals surface area contributed by atoms with Crippen molar-refractivity contribution in [2.75, 3.05) is 59.2 Å². The van der Waals surface area contributed by atoms with E-state index in [1.165, 1.54) is 17.7 Å². The van der Waals surface area contributed by atoms with Crippen LogP contribution >= 0.6 is 0 Å². The summed E-state index contributed by atoms with van der Waals surface area (Å²) in [6, 6.07) is 8.61. The van der Waals surface area contributed by atoms with Crippen molar-refractivity contribution in [3.8, 4) is 0 Å². The second-order valence-electron chi connectivity index (χ2n) is 10.0. The lowest BCUT2D eigenvalue weighted by Crippen LogP contribution is -2.51. The molecule has 1 aromatic rings. The van der Waals surface area contributed by atoms with Crippen LogP contribution in [0.4, 0.5) is 0 Å². The lowest BCUT2D eigenvalue weighted by atomic mass is 10.1. The average Bonchev–Trinajstić information content (AvgIpc) is 3.59. The first-order chi connectivity index (χ1) is 18.5. The summed E-state index contributed by atoms with van der Waals surface area (Å²) in [7, 11) is 0. The number of nitrogens with zero attached hydrogens (tertiary/aromatic N) is 2. The molecule has 1 aliphatic carbocycles. The van der Waals surface area contributed by atoms with Gasteiger partial charge in [0.15, 0.2) is 0 Å². The van der Waals surface area contributed by atoms with Gasteiger partial charge in [-0.2, -0.15) is 0 Å². The van der Waals surface area contributed by atoms with Gasteiger partial charge in [0.05, 0.1) is 26.4 Å². The molecule has 11 nitrogen and oxygen atoms in total. The summed E-state index contributed by atoms with van der Waals surface area (Å²) >= 11 is 0. The van der Waals surface area contributed by atoms with Crippen molar-refractivity contribution in [3.63, 3.8) is 0 Å². The molecule has 4 rings (SSSR count). The molecular formula is C27H39N5O6. The van der Waals surface area contributed by atoms with Gasteiger partial charge in [0.25, 0.3) is 5.91 Å². The first kappa shape index (κ1) is 28.0. The third-order valence-electron chi connectivity index (χ3n) is 7.28. The molecule has 1 aromatic carbocycles. The van der Waals surface area contributed by atoms with Crippen LogP contribution in [-0.4, -0.2) is 111 Å². The predicted octanol–water partition coefficient (Wildman–Crippen LogP) is -0.0903. The predicted molar refractivity (Wildman–Crippen MR) is 139 cm³/mol. The van der Waals surface area contributed by atoms with Crippen LogP contribution in [0.15, 0.2) is 30.3 Å². The number of rotatable bonds is 6. The third-order valence-corrected chi connectivity index (χ3v) is 7.28. The fourth-order valence-corrected chi connectivity index (χ4v) is 5.28. The van der Waals surface area contributed by atoms with Gasteiger partial charge in [0, 0.05) is 43.8 Å². The van der Waals surface area contributed by atoms with Crippen molar-refractivity contribution in [1.29, 1.82) is 0 Å². The highest BCUT2D eigenvalue weighted by molar-refractivity contribution is 5.94. The number of carbonyl (C=O) groups excluding carboxylic acids is 4. The maximum atomic E-state index is 13.5. The molecule has 2 heterocycles. The summed E-state index contributed by atoms with van der Waals surface area (Å²) in [5.74, 6) is -1.12. The normalized spacial score (nSPS) is 24.5. The Labute approximate surface area is 223 Å². The minimum absolute atomic E-state index is 0.0191. The molecule has 1 saturated carbocycles. The van der Waals surface area contributed by atoms with E-state index in [1.807, 2.05) is 6.07 Å². The Kier molecular flexibility index (Phi) is 10.5. The van der Waals surface area contributed by atoms with E-state index in [2.05, 4.69) is 16.0 Å². The molecular weight excluding hydrogens is 490 g/mol. The smallest absolute Gasteiger partial charge is 0.251 e. The lowest BCUT2D eigenvalue weighted by molar-refractivity contribution is -0.145. The number of hydrogen-bond acceptors (Lipinski definition) is 7. The molecule has 11 heteroatoms. The van der Waals surface area contributed by atoms with Crippen LogP contribution in [0.5, 0.6) is 0 Å². The minimum atomic E-state index is -0.613. The highest BCUT2D eigenvalue weighted by Gasteiger charge is 2.40. The number of benzene rings is 1. The molecule has 38 heavy (non-hydrogen) atoms. The molecule has 0 bridgehead atoms. The van der Waals surface area contributed by atoms with E-state index in [9.17, 15) is 19.2 Å². The van der Waals surface area contributed by atoms with Gasteiger partial charge in [-0.25, -0.2) is 0 Å². The lowest BCUT2D eigenvalue weighted by Gasteiger charge is -2.28. The molecule has 3 aliphatic rings. The van der Waals surface area contributed by atoms with Crippen molar-refractivity contribution < 1.29 is 28.7 Å². The zero-order chi connectivity index (χ0) is 26.7. The Morgan fingerprint density at radius 1 is 0.974 bits per heavy atom. The van der Waals surface area contributed by atoms with E-state index in [0.717, 1.165) is 12.8 Å². The maximum Gasteiger partial charge on any atom is 0.251 e. The van der Waals surface area contributed by atoms with Gasteiger partial charge in [-0.1, -0.05) is 31.0 Å². The van der Waals surface area contributed by atoms with Crippen molar-refractivity contribution in [1.82, 2.24) is 25.8 Å². The summed E-state index contributed by atoms with van der Waals surface area (Å²) in [6.45, 7) is 1.49. The molecule has 2 saturated heterocycles. The fourth-order valence-electron chi connectivity index (χ4n) is 5.28. The van der Waals surface area contributed by atoms with E-state index in [-0.39, 0.29) is 69.1 Å². The molecule has 2 aliphatic heterocycles. The number of nitrogens with one attached hydrogen (secondary N) is 3. The van der Waals surface area contributed by atoms with Gasteiger partial charge in [0.2, 0.25) is 17.7 Å². The Hall–Kier alpha value is -3.02. The molecule has 208 valence electrons. The average molecular weight is 530 g/mol. The van der Waals surface area contributed by atoms with Crippen LogP contribution in [0, 0.1) is 0 Å². The number of ether oxygens (including phenoxy) is 2. The SMILES string of the molecule is O=C(NCCN1CC(=O)N2C[C@@H](NC3CCCC3)C[C@H]2C(=O)NCCOCCOCC1=O)c1ccccc1. The zero-order valence-corrected chi connectivity index (χ0v) is 21.9. The quantitative estimate of drug-likeness (QED) is 0.470. The molecule has 3 N–H and O–H groups in total. The third kappa shape index (κ3) is 7.99. The van der Waals surface area contributed by atoms with Crippen molar-refractivity contribution in [2.45, 2.75) is 50.2 Å². The molecule has 0 aromatic heterocycles. The number of fused-ring (bicyclic) bond motifs is 1. The monoisotopic (exact) mass is 529 g/mol. The molecule has 2 atom stereocenters.